The third-order valence-corrected chi connectivity index (χ3v) is 4.36. The molecule has 2 aromatic rings. The van der Waals surface area contributed by atoms with Crippen LogP contribution in [-0.2, 0) is 5.41 Å². The molecule has 0 aliphatic carbocycles. The normalized spacial score (nSPS) is 17.3. The van der Waals surface area contributed by atoms with E-state index < -0.39 is 5.41 Å². The Kier molecular flexibility index (Phi) is 3.42. The third-order valence-electron chi connectivity index (χ3n) is 4.36. The van der Waals surface area contributed by atoms with Gasteiger partial charge in [-0.3, -0.25) is 4.79 Å². The zero-order valence-corrected chi connectivity index (χ0v) is 12.5. The zero-order chi connectivity index (χ0) is 15.7. The Morgan fingerprint density at radius 1 is 1.32 bits per heavy atom. The second-order valence-corrected chi connectivity index (χ2v) is 5.99. The molecular formula is C18H16N2O2. The second kappa shape index (κ2) is 5.27. The van der Waals surface area contributed by atoms with E-state index in [1.807, 2.05) is 44.2 Å². The lowest BCUT2D eigenvalue weighted by Gasteiger charge is -2.36. The average Bonchev–Trinajstić information content (AvgIpc) is 2.55. The van der Waals surface area contributed by atoms with Crippen LogP contribution in [0.3, 0.4) is 0 Å². The van der Waals surface area contributed by atoms with Crippen molar-refractivity contribution in [2.75, 3.05) is 6.61 Å². The predicted molar refractivity (Wildman–Crippen MR) is 81.7 cm³/mol. The van der Waals surface area contributed by atoms with Gasteiger partial charge in [-0.2, -0.15) is 5.26 Å². The number of aromatic nitrogens is 1. The molecule has 0 fully saturated rings. The summed E-state index contributed by atoms with van der Waals surface area (Å²) < 4.78 is 5.77. The molecule has 1 aliphatic heterocycles. The number of fused-ring (bicyclic) bond motifs is 1. The molecular weight excluding hydrogens is 276 g/mol. The number of ketones is 1. The Morgan fingerprint density at radius 3 is 2.86 bits per heavy atom. The van der Waals surface area contributed by atoms with Crippen molar-refractivity contribution in [1.29, 1.82) is 5.26 Å². The SMILES string of the molecule is CC(C)(c1ccnc(C#N)c1)C1COc2ccccc2C1=O. The molecule has 0 radical (unpaired) electrons. The molecule has 4 nitrogen and oxygen atoms in total. The summed E-state index contributed by atoms with van der Waals surface area (Å²) in [5.74, 6) is 0.436. The minimum absolute atomic E-state index is 0.0853. The predicted octanol–water partition coefficient (Wildman–Crippen LogP) is 3.12. The standard InChI is InChI=1S/C18H16N2O2/c1-18(2,12-7-8-20-13(9-12)10-19)15-11-22-16-6-4-3-5-14(16)17(15)21/h3-9,15H,11H2,1-2H3. The smallest absolute Gasteiger partial charge is 0.173 e. The van der Waals surface area contributed by atoms with Gasteiger partial charge in [-0.25, -0.2) is 4.98 Å². The summed E-state index contributed by atoms with van der Waals surface area (Å²) in [6.45, 7) is 4.35. The number of Topliss-reactive ketones (excluding diaryl/α,β-unsaturated/α-hetero) is 1. The number of ether oxygens (including phenoxy) is 1. The van der Waals surface area contributed by atoms with Gasteiger partial charge in [0.2, 0.25) is 0 Å². The van der Waals surface area contributed by atoms with Gasteiger partial charge in [0, 0.05) is 11.6 Å². The van der Waals surface area contributed by atoms with Gasteiger partial charge in [0.05, 0.1) is 18.1 Å². The summed E-state index contributed by atoms with van der Waals surface area (Å²) in [6, 6.07) is 13.0. The lowest BCUT2D eigenvalue weighted by Crippen LogP contribution is -2.41. The highest BCUT2D eigenvalue weighted by Gasteiger charge is 2.41. The first-order valence-electron chi connectivity index (χ1n) is 7.16. The fourth-order valence-corrected chi connectivity index (χ4v) is 2.86. The first-order valence-corrected chi connectivity index (χ1v) is 7.16. The molecule has 0 amide bonds. The monoisotopic (exact) mass is 292 g/mol. The van der Waals surface area contributed by atoms with Crippen LogP contribution < -0.4 is 4.74 Å². The van der Waals surface area contributed by atoms with Crippen molar-refractivity contribution in [3.05, 3.63) is 59.4 Å². The van der Waals surface area contributed by atoms with Crippen molar-refractivity contribution in [3.8, 4) is 11.8 Å². The van der Waals surface area contributed by atoms with E-state index in [0.717, 1.165) is 5.56 Å². The van der Waals surface area contributed by atoms with Gasteiger partial charge >= 0.3 is 0 Å². The molecule has 3 rings (SSSR count). The molecule has 1 atom stereocenters. The number of hydrogen-bond donors (Lipinski definition) is 0. The molecule has 4 heteroatoms. The van der Waals surface area contributed by atoms with Crippen molar-refractivity contribution in [1.82, 2.24) is 4.98 Å². The third kappa shape index (κ3) is 2.25. The highest BCUT2D eigenvalue weighted by molar-refractivity contribution is 6.02. The van der Waals surface area contributed by atoms with Crippen LogP contribution in [0.15, 0.2) is 42.6 Å². The minimum atomic E-state index is -0.445. The molecule has 0 N–H and O–H groups in total. The Labute approximate surface area is 129 Å². The fraction of sp³-hybridized carbons (Fsp3) is 0.278. The van der Waals surface area contributed by atoms with Gasteiger partial charge in [0.15, 0.2) is 5.78 Å². The van der Waals surface area contributed by atoms with E-state index >= 15 is 0 Å². The molecule has 0 saturated carbocycles. The fourth-order valence-electron chi connectivity index (χ4n) is 2.86. The van der Waals surface area contributed by atoms with Crippen molar-refractivity contribution >= 4 is 5.78 Å². The van der Waals surface area contributed by atoms with E-state index in [0.29, 0.717) is 23.6 Å². The summed E-state index contributed by atoms with van der Waals surface area (Å²) in [5.41, 5.74) is 1.45. The molecule has 1 aromatic carbocycles. The lowest BCUT2D eigenvalue weighted by molar-refractivity contribution is 0.0737. The molecule has 110 valence electrons. The number of nitrogens with zero attached hydrogens (tertiary/aromatic N) is 2. The first kappa shape index (κ1) is 14.3. The van der Waals surface area contributed by atoms with E-state index in [2.05, 4.69) is 4.98 Å². The topological polar surface area (TPSA) is 63.0 Å². The highest BCUT2D eigenvalue weighted by Crippen LogP contribution is 2.38. The Hall–Kier alpha value is -2.67. The molecule has 22 heavy (non-hydrogen) atoms. The highest BCUT2D eigenvalue weighted by atomic mass is 16.5. The molecule has 1 unspecified atom stereocenters. The van der Waals surface area contributed by atoms with Crippen LogP contribution in [0, 0.1) is 17.2 Å². The quantitative estimate of drug-likeness (QED) is 0.853. The summed E-state index contributed by atoms with van der Waals surface area (Å²) in [6.07, 6.45) is 1.61. The van der Waals surface area contributed by atoms with Crippen molar-refractivity contribution < 1.29 is 9.53 Å². The number of carbonyl (C=O) groups is 1. The van der Waals surface area contributed by atoms with E-state index in [1.165, 1.54) is 0 Å². The van der Waals surface area contributed by atoms with Crippen LogP contribution in [0.4, 0.5) is 0 Å². The van der Waals surface area contributed by atoms with E-state index in [4.69, 9.17) is 10.00 Å². The molecule has 1 aliphatic rings. The Bertz CT molecular complexity index is 775. The lowest BCUT2D eigenvalue weighted by atomic mass is 9.70. The summed E-state index contributed by atoms with van der Waals surface area (Å²) in [5, 5.41) is 9.02. The molecule has 2 heterocycles. The van der Waals surface area contributed by atoms with E-state index in [9.17, 15) is 4.79 Å². The van der Waals surface area contributed by atoms with Crippen LogP contribution >= 0.6 is 0 Å². The van der Waals surface area contributed by atoms with Crippen LogP contribution in [0.2, 0.25) is 0 Å². The number of para-hydroxylation sites is 1. The van der Waals surface area contributed by atoms with E-state index in [1.54, 1.807) is 18.3 Å². The van der Waals surface area contributed by atoms with Crippen LogP contribution in [-0.4, -0.2) is 17.4 Å². The van der Waals surface area contributed by atoms with Crippen LogP contribution in [0.25, 0.3) is 0 Å². The summed E-state index contributed by atoms with van der Waals surface area (Å²) >= 11 is 0. The van der Waals surface area contributed by atoms with Gasteiger partial charge in [-0.1, -0.05) is 26.0 Å². The zero-order valence-electron chi connectivity index (χ0n) is 12.5. The largest absolute Gasteiger partial charge is 0.492 e. The number of nitriles is 1. The number of benzene rings is 1. The van der Waals surface area contributed by atoms with Crippen LogP contribution in [0.5, 0.6) is 5.75 Å². The maximum Gasteiger partial charge on any atom is 0.173 e. The average molecular weight is 292 g/mol. The van der Waals surface area contributed by atoms with Gasteiger partial charge in [-0.05, 0) is 29.8 Å². The Morgan fingerprint density at radius 2 is 2.09 bits per heavy atom. The van der Waals surface area contributed by atoms with Crippen molar-refractivity contribution in [2.24, 2.45) is 5.92 Å². The van der Waals surface area contributed by atoms with Gasteiger partial charge in [0.1, 0.15) is 17.5 Å². The molecule has 0 saturated heterocycles. The van der Waals surface area contributed by atoms with Crippen LogP contribution in [0.1, 0.15) is 35.5 Å². The minimum Gasteiger partial charge on any atom is -0.492 e. The number of carbonyl (C=O) groups excluding carboxylic acids is 1. The maximum atomic E-state index is 12.8. The molecule has 1 aromatic heterocycles. The van der Waals surface area contributed by atoms with Gasteiger partial charge in [-0.15, -0.1) is 0 Å². The number of hydrogen-bond acceptors (Lipinski definition) is 4. The van der Waals surface area contributed by atoms with Crippen molar-refractivity contribution in [3.63, 3.8) is 0 Å². The maximum absolute atomic E-state index is 12.8. The van der Waals surface area contributed by atoms with Gasteiger partial charge in [0.25, 0.3) is 0 Å². The molecule has 0 bridgehead atoms. The summed E-state index contributed by atoms with van der Waals surface area (Å²) in [4.78, 5) is 16.8. The first-order chi connectivity index (χ1) is 10.5. The molecule has 0 spiro atoms. The number of rotatable bonds is 2. The van der Waals surface area contributed by atoms with E-state index in [-0.39, 0.29) is 11.7 Å². The summed E-state index contributed by atoms with van der Waals surface area (Å²) in [7, 11) is 0. The second-order valence-electron chi connectivity index (χ2n) is 5.99. The van der Waals surface area contributed by atoms with Gasteiger partial charge < -0.3 is 4.74 Å². The number of pyridine rings is 1. The Balaban J connectivity index is 2.00. The van der Waals surface area contributed by atoms with Crippen molar-refractivity contribution in [2.45, 2.75) is 19.3 Å².